The van der Waals surface area contributed by atoms with E-state index in [1.54, 1.807) is 0 Å². The van der Waals surface area contributed by atoms with Crippen LogP contribution in [0.1, 0.15) is 41.0 Å². The van der Waals surface area contributed by atoms with Gasteiger partial charge in [0, 0.05) is 19.1 Å². The number of carbonyl (C=O) groups is 1. The highest BCUT2D eigenvalue weighted by Crippen LogP contribution is 2.16. The van der Waals surface area contributed by atoms with E-state index >= 15 is 0 Å². The first-order valence-electron chi connectivity index (χ1n) is 7.15. The first-order valence-corrected chi connectivity index (χ1v) is 7.15. The van der Waals surface area contributed by atoms with Crippen molar-refractivity contribution >= 4 is 5.91 Å². The maximum absolute atomic E-state index is 12.3. The Morgan fingerprint density at radius 3 is 2.44 bits per heavy atom. The minimum absolute atomic E-state index is 0.00564. The molecule has 0 radical (unpaired) electrons. The number of hydrogen-bond acceptors (Lipinski definition) is 3. The van der Waals surface area contributed by atoms with Gasteiger partial charge in [0.05, 0.1) is 12.2 Å². The molecule has 1 N–H and O–H groups in total. The lowest BCUT2D eigenvalue weighted by Gasteiger charge is -2.28. The monoisotopic (exact) mass is 255 g/mol. The molecule has 3 atom stereocenters. The Kier molecular flexibility index (Phi) is 5.60. The lowest BCUT2D eigenvalue weighted by Crippen LogP contribution is -2.42. The van der Waals surface area contributed by atoms with E-state index in [1.165, 1.54) is 0 Å². The second kappa shape index (κ2) is 6.53. The van der Waals surface area contributed by atoms with Crippen molar-refractivity contribution in [1.29, 1.82) is 0 Å². The number of rotatable bonds is 6. The maximum atomic E-state index is 12.3. The van der Waals surface area contributed by atoms with Crippen molar-refractivity contribution in [3.05, 3.63) is 0 Å². The van der Waals surface area contributed by atoms with Gasteiger partial charge in [0.15, 0.2) is 0 Å². The smallest absolute Gasteiger partial charge is 0.241 e. The van der Waals surface area contributed by atoms with Crippen LogP contribution in [-0.4, -0.2) is 54.1 Å². The topological polar surface area (TPSA) is 35.6 Å². The van der Waals surface area contributed by atoms with Crippen molar-refractivity contribution in [1.82, 2.24) is 15.1 Å². The van der Waals surface area contributed by atoms with Crippen LogP contribution in [0, 0.1) is 5.92 Å². The number of likely N-dealkylation sites (N-methyl/N-ethyl adjacent to an activating group) is 1. The summed E-state index contributed by atoms with van der Waals surface area (Å²) in [5, 5.41) is 3.38. The van der Waals surface area contributed by atoms with Crippen molar-refractivity contribution < 1.29 is 4.79 Å². The molecule has 3 unspecified atom stereocenters. The Labute approximate surface area is 112 Å². The molecule has 0 saturated carbocycles. The molecule has 106 valence electrons. The SMILES string of the molecule is CCC(C)N(C)CCN1C(=O)C(C(C)C)NC1C. The Hall–Kier alpha value is -0.610. The molecule has 0 aromatic heterocycles. The van der Waals surface area contributed by atoms with Crippen LogP contribution in [0.3, 0.4) is 0 Å². The van der Waals surface area contributed by atoms with E-state index in [4.69, 9.17) is 0 Å². The van der Waals surface area contributed by atoms with Crippen molar-refractivity contribution in [2.24, 2.45) is 5.92 Å². The minimum atomic E-state index is -0.00564. The van der Waals surface area contributed by atoms with Crippen LogP contribution in [0.2, 0.25) is 0 Å². The zero-order chi connectivity index (χ0) is 13.9. The van der Waals surface area contributed by atoms with Gasteiger partial charge < -0.3 is 9.80 Å². The third kappa shape index (κ3) is 3.45. The first-order chi connectivity index (χ1) is 8.38. The van der Waals surface area contributed by atoms with Crippen LogP contribution in [0.5, 0.6) is 0 Å². The van der Waals surface area contributed by atoms with E-state index in [0.717, 1.165) is 19.5 Å². The highest BCUT2D eigenvalue weighted by molar-refractivity contribution is 5.84. The summed E-state index contributed by atoms with van der Waals surface area (Å²) in [6, 6.07) is 0.570. The zero-order valence-electron chi connectivity index (χ0n) is 12.7. The zero-order valence-corrected chi connectivity index (χ0v) is 12.7. The predicted molar refractivity (Wildman–Crippen MR) is 75.3 cm³/mol. The van der Waals surface area contributed by atoms with Crippen molar-refractivity contribution in [2.45, 2.75) is 59.3 Å². The van der Waals surface area contributed by atoms with Crippen molar-refractivity contribution in [2.75, 3.05) is 20.1 Å². The second-order valence-electron chi connectivity index (χ2n) is 5.83. The Morgan fingerprint density at radius 1 is 1.39 bits per heavy atom. The number of nitrogens with one attached hydrogen (secondary N) is 1. The van der Waals surface area contributed by atoms with Gasteiger partial charge in [0.1, 0.15) is 0 Å². The van der Waals surface area contributed by atoms with Gasteiger partial charge in [-0.1, -0.05) is 20.8 Å². The molecule has 4 heteroatoms. The average Bonchev–Trinajstić information content (AvgIpc) is 2.61. The van der Waals surface area contributed by atoms with Crippen LogP contribution in [-0.2, 0) is 4.79 Å². The predicted octanol–water partition coefficient (Wildman–Crippen LogP) is 1.52. The lowest BCUT2D eigenvalue weighted by molar-refractivity contribution is -0.130. The summed E-state index contributed by atoms with van der Waals surface area (Å²) < 4.78 is 0. The quantitative estimate of drug-likeness (QED) is 0.781. The molecular weight excluding hydrogens is 226 g/mol. The van der Waals surface area contributed by atoms with E-state index in [9.17, 15) is 4.79 Å². The van der Waals surface area contributed by atoms with Gasteiger partial charge in [-0.15, -0.1) is 0 Å². The first kappa shape index (κ1) is 15.4. The normalized spacial score (nSPS) is 26.4. The van der Waals surface area contributed by atoms with Crippen LogP contribution in [0.4, 0.5) is 0 Å². The van der Waals surface area contributed by atoms with E-state index in [0.29, 0.717) is 12.0 Å². The fourth-order valence-corrected chi connectivity index (χ4v) is 2.37. The summed E-state index contributed by atoms with van der Waals surface area (Å²) >= 11 is 0. The van der Waals surface area contributed by atoms with Gasteiger partial charge in [-0.25, -0.2) is 0 Å². The third-order valence-electron chi connectivity index (χ3n) is 4.14. The summed E-state index contributed by atoms with van der Waals surface area (Å²) in [5.41, 5.74) is 0. The van der Waals surface area contributed by atoms with Crippen LogP contribution in [0.25, 0.3) is 0 Å². The van der Waals surface area contributed by atoms with Crippen LogP contribution < -0.4 is 5.32 Å². The minimum Gasteiger partial charge on any atom is -0.325 e. The lowest BCUT2D eigenvalue weighted by atomic mass is 10.1. The second-order valence-corrected chi connectivity index (χ2v) is 5.83. The summed E-state index contributed by atoms with van der Waals surface area (Å²) in [6.45, 7) is 12.4. The molecular formula is C14H29N3O. The van der Waals surface area contributed by atoms with E-state index < -0.39 is 0 Å². The van der Waals surface area contributed by atoms with Crippen molar-refractivity contribution in [3.8, 4) is 0 Å². The molecule has 0 aromatic rings. The fourth-order valence-electron chi connectivity index (χ4n) is 2.37. The molecule has 1 aliphatic heterocycles. The largest absolute Gasteiger partial charge is 0.325 e. The number of hydrogen-bond donors (Lipinski definition) is 1. The molecule has 1 amide bonds. The maximum Gasteiger partial charge on any atom is 0.241 e. The molecule has 18 heavy (non-hydrogen) atoms. The Bertz CT molecular complexity index is 280. The highest BCUT2D eigenvalue weighted by atomic mass is 16.2. The molecule has 1 aliphatic rings. The molecule has 0 spiro atoms. The molecule has 4 nitrogen and oxygen atoms in total. The average molecular weight is 255 g/mol. The van der Waals surface area contributed by atoms with Crippen LogP contribution in [0.15, 0.2) is 0 Å². The fraction of sp³-hybridized carbons (Fsp3) is 0.929. The molecule has 0 bridgehead atoms. The standard InChI is InChI=1S/C14H29N3O/c1-7-11(4)16(6)8-9-17-12(5)15-13(10(2)3)14(17)18/h10-13,15H,7-9H2,1-6H3. The molecule has 1 rings (SSSR count). The highest BCUT2D eigenvalue weighted by Gasteiger charge is 2.37. The van der Waals surface area contributed by atoms with Gasteiger partial charge in [-0.3, -0.25) is 10.1 Å². The Morgan fingerprint density at radius 2 is 2.00 bits per heavy atom. The summed E-state index contributed by atoms with van der Waals surface area (Å²) in [7, 11) is 2.13. The van der Waals surface area contributed by atoms with Gasteiger partial charge in [-0.2, -0.15) is 0 Å². The molecule has 0 aromatic carbocycles. The molecule has 1 heterocycles. The Balaban J connectivity index is 2.50. The van der Waals surface area contributed by atoms with Crippen molar-refractivity contribution in [3.63, 3.8) is 0 Å². The van der Waals surface area contributed by atoms with Gasteiger partial charge in [0.2, 0.25) is 5.91 Å². The summed E-state index contributed by atoms with van der Waals surface area (Å²) in [5.74, 6) is 0.618. The van der Waals surface area contributed by atoms with E-state index in [-0.39, 0.29) is 18.1 Å². The number of nitrogens with zero attached hydrogens (tertiary/aromatic N) is 2. The van der Waals surface area contributed by atoms with E-state index in [1.807, 2.05) is 4.90 Å². The van der Waals surface area contributed by atoms with E-state index in [2.05, 4.69) is 51.9 Å². The van der Waals surface area contributed by atoms with Gasteiger partial charge in [-0.05, 0) is 33.2 Å². The third-order valence-corrected chi connectivity index (χ3v) is 4.14. The summed E-state index contributed by atoms with van der Waals surface area (Å²) in [4.78, 5) is 16.6. The number of carbonyl (C=O) groups excluding carboxylic acids is 1. The van der Waals surface area contributed by atoms with Gasteiger partial charge >= 0.3 is 0 Å². The van der Waals surface area contributed by atoms with Gasteiger partial charge in [0.25, 0.3) is 0 Å². The van der Waals surface area contributed by atoms with Crippen LogP contribution >= 0.6 is 0 Å². The summed E-state index contributed by atoms with van der Waals surface area (Å²) in [6.07, 6.45) is 1.31. The molecule has 1 saturated heterocycles. The number of amides is 1. The molecule has 0 aliphatic carbocycles. The molecule has 1 fully saturated rings.